The SMILES string of the molecule is COC[C@@H]1CCCN1C(=O)NCc1nc2cc(C(F)(F)F)ccc2n1C. The van der Waals surface area contributed by atoms with Crippen LogP contribution in [-0.2, 0) is 24.5 Å². The second-order valence-corrected chi connectivity index (χ2v) is 6.39. The standard InChI is InChI=1S/C17H21F3N4O2/c1-23-14-6-5-11(17(18,19)20)8-13(14)22-15(23)9-21-16(25)24-7-3-4-12(24)10-26-2/h5-6,8,12H,3-4,7,9-10H2,1-2H3,(H,21,25)/t12-/m0/s1. The van der Waals surface area contributed by atoms with Gasteiger partial charge in [0.25, 0.3) is 0 Å². The summed E-state index contributed by atoms with van der Waals surface area (Å²) in [5, 5.41) is 2.80. The third-order valence-corrected chi connectivity index (χ3v) is 4.70. The van der Waals surface area contributed by atoms with Crippen LogP contribution in [0, 0.1) is 0 Å². The number of aryl methyl sites for hydroxylation is 1. The fourth-order valence-electron chi connectivity index (χ4n) is 3.31. The third kappa shape index (κ3) is 3.62. The van der Waals surface area contributed by atoms with E-state index in [0.29, 0.717) is 24.5 Å². The Balaban J connectivity index is 1.72. The fourth-order valence-corrected chi connectivity index (χ4v) is 3.31. The summed E-state index contributed by atoms with van der Waals surface area (Å²) < 4.78 is 45.3. The lowest BCUT2D eigenvalue weighted by molar-refractivity contribution is -0.137. The van der Waals surface area contributed by atoms with Crippen LogP contribution in [-0.4, -0.2) is 46.8 Å². The molecule has 2 aromatic rings. The Morgan fingerprint density at radius 3 is 2.88 bits per heavy atom. The van der Waals surface area contributed by atoms with Crippen molar-refractivity contribution in [2.24, 2.45) is 7.05 Å². The summed E-state index contributed by atoms with van der Waals surface area (Å²) in [5.74, 6) is 0.496. The van der Waals surface area contributed by atoms with Gasteiger partial charge in [-0.25, -0.2) is 9.78 Å². The molecule has 2 heterocycles. The number of nitrogens with one attached hydrogen (secondary N) is 1. The van der Waals surface area contributed by atoms with Crippen molar-refractivity contribution < 1.29 is 22.7 Å². The molecule has 1 saturated heterocycles. The Bertz CT molecular complexity index is 803. The highest BCUT2D eigenvalue weighted by molar-refractivity contribution is 5.78. The molecule has 26 heavy (non-hydrogen) atoms. The molecule has 1 aliphatic heterocycles. The van der Waals surface area contributed by atoms with Crippen molar-refractivity contribution in [1.29, 1.82) is 0 Å². The number of carbonyl (C=O) groups is 1. The van der Waals surface area contributed by atoms with E-state index in [4.69, 9.17) is 4.74 Å². The molecule has 9 heteroatoms. The molecule has 1 aromatic carbocycles. The predicted molar refractivity (Wildman–Crippen MR) is 89.6 cm³/mol. The van der Waals surface area contributed by atoms with Crippen molar-refractivity contribution in [1.82, 2.24) is 19.8 Å². The molecule has 6 nitrogen and oxygen atoms in total. The van der Waals surface area contributed by atoms with E-state index in [1.165, 1.54) is 6.07 Å². The van der Waals surface area contributed by atoms with Crippen LogP contribution in [0.4, 0.5) is 18.0 Å². The smallest absolute Gasteiger partial charge is 0.383 e. The average Bonchev–Trinajstić information content (AvgIpc) is 3.17. The second kappa shape index (κ2) is 7.14. The molecule has 3 rings (SSSR count). The van der Waals surface area contributed by atoms with Gasteiger partial charge in [-0.15, -0.1) is 0 Å². The largest absolute Gasteiger partial charge is 0.416 e. The van der Waals surface area contributed by atoms with E-state index in [-0.39, 0.29) is 24.1 Å². The molecular formula is C17H21F3N4O2. The van der Waals surface area contributed by atoms with Gasteiger partial charge in [0, 0.05) is 20.7 Å². The molecule has 0 unspecified atom stereocenters. The van der Waals surface area contributed by atoms with Crippen LogP contribution in [0.1, 0.15) is 24.2 Å². The number of ether oxygens (including phenoxy) is 1. The fraction of sp³-hybridized carbons (Fsp3) is 0.529. The third-order valence-electron chi connectivity index (χ3n) is 4.70. The van der Waals surface area contributed by atoms with Crippen molar-refractivity contribution in [3.8, 4) is 0 Å². The first-order valence-corrected chi connectivity index (χ1v) is 8.37. The highest BCUT2D eigenvalue weighted by Gasteiger charge is 2.31. The molecule has 0 radical (unpaired) electrons. The van der Waals surface area contributed by atoms with E-state index in [1.807, 2.05) is 0 Å². The van der Waals surface area contributed by atoms with Gasteiger partial charge >= 0.3 is 12.2 Å². The van der Waals surface area contributed by atoms with Gasteiger partial charge in [0.2, 0.25) is 0 Å². The first-order valence-electron chi connectivity index (χ1n) is 8.37. The zero-order valence-corrected chi connectivity index (χ0v) is 14.6. The summed E-state index contributed by atoms with van der Waals surface area (Å²) in [6, 6.07) is 3.29. The van der Waals surface area contributed by atoms with Crippen molar-refractivity contribution in [2.45, 2.75) is 31.6 Å². The maximum absolute atomic E-state index is 12.8. The lowest BCUT2D eigenvalue weighted by atomic mass is 10.2. The number of rotatable bonds is 4. The van der Waals surface area contributed by atoms with Crippen molar-refractivity contribution >= 4 is 17.1 Å². The van der Waals surface area contributed by atoms with Crippen LogP contribution < -0.4 is 5.32 Å². The van der Waals surface area contributed by atoms with Crippen LogP contribution >= 0.6 is 0 Å². The summed E-state index contributed by atoms with van der Waals surface area (Å²) >= 11 is 0. The second-order valence-electron chi connectivity index (χ2n) is 6.39. The van der Waals surface area contributed by atoms with Gasteiger partial charge in [0.05, 0.1) is 35.8 Å². The molecule has 1 aliphatic rings. The number of halogens is 3. The molecule has 0 bridgehead atoms. The van der Waals surface area contributed by atoms with E-state index in [0.717, 1.165) is 25.0 Å². The lowest BCUT2D eigenvalue weighted by Gasteiger charge is -2.24. The average molecular weight is 370 g/mol. The number of aromatic nitrogens is 2. The molecule has 2 amide bonds. The minimum Gasteiger partial charge on any atom is -0.383 e. The Morgan fingerprint density at radius 2 is 2.19 bits per heavy atom. The molecule has 0 aliphatic carbocycles. The van der Waals surface area contributed by atoms with Gasteiger partial charge in [-0.2, -0.15) is 13.2 Å². The van der Waals surface area contributed by atoms with E-state index >= 15 is 0 Å². The summed E-state index contributed by atoms with van der Waals surface area (Å²) in [4.78, 5) is 18.4. The van der Waals surface area contributed by atoms with Crippen LogP contribution in [0.5, 0.6) is 0 Å². The van der Waals surface area contributed by atoms with Gasteiger partial charge in [-0.05, 0) is 31.0 Å². The molecule has 0 spiro atoms. The van der Waals surface area contributed by atoms with Crippen LogP contribution in [0.15, 0.2) is 18.2 Å². The Kier molecular flexibility index (Phi) is 5.08. The number of imidazole rings is 1. The first kappa shape index (κ1) is 18.5. The predicted octanol–water partition coefficient (Wildman–Crippen LogP) is 2.91. The van der Waals surface area contributed by atoms with Gasteiger partial charge < -0.3 is 19.5 Å². The number of nitrogens with zero attached hydrogens (tertiary/aromatic N) is 3. The summed E-state index contributed by atoms with van der Waals surface area (Å²) in [6.07, 6.45) is -2.59. The molecule has 1 aromatic heterocycles. The van der Waals surface area contributed by atoms with E-state index in [9.17, 15) is 18.0 Å². The minimum absolute atomic E-state index is 0.0507. The number of benzene rings is 1. The number of carbonyl (C=O) groups excluding carboxylic acids is 1. The topological polar surface area (TPSA) is 59.4 Å². The number of amides is 2. The number of hydrogen-bond acceptors (Lipinski definition) is 3. The molecule has 1 fully saturated rings. The Hall–Kier alpha value is -2.29. The maximum atomic E-state index is 12.8. The van der Waals surface area contributed by atoms with Crippen LogP contribution in [0.25, 0.3) is 11.0 Å². The van der Waals surface area contributed by atoms with Gasteiger partial charge in [0.15, 0.2) is 0 Å². The molecule has 0 saturated carbocycles. The number of urea groups is 1. The highest BCUT2D eigenvalue weighted by Crippen LogP contribution is 2.31. The number of likely N-dealkylation sites (tertiary alicyclic amines) is 1. The molecule has 1 N–H and O–H groups in total. The van der Waals surface area contributed by atoms with E-state index in [1.54, 1.807) is 23.6 Å². The molecular weight excluding hydrogens is 349 g/mol. The molecule has 142 valence electrons. The van der Waals surface area contributed by atoms with E-state index < -0.39 is 11.7 Å². The maximum Gasteiger partial charge on any atom is 0.416 e. The zero-order chi connectivity index (χ0) is 18.9. The molecule has 1 atom stereocenters. The van der Waals surface area contributed by atoms with Crippen LogP contribution in [0.3, 0.4) is 0 Å². The number of alkyl halides is 3. The Morgan fingerprint density at radius 1 is 1.42 bits per heavy atom. The zero-order valence-electron chi connectivity index (χ0n) is 14.6. The number of fused-ring (bicyclic) bond motifs is 1. The summed E-state index contributed by atoms with van der Waals surface area (Å²) in [7, 11) is 3.32. The number of methoxy groups -OCH3 is 1. The first-order chi connectivity index (χ1) is 12.3. The lowest BCUT2D eigenvalue weighted by Crippen LogP contribution is -2.44. The Labute approximate surface area is 148 Å². The van der Waals surface area contributed by atoms with Gasteiger partial charge in [-0.3, -0.25) is 0 Å². The van der Waals surface area contributed by atoms with Crippen LogP contribution in [0.2, 0.25) is 0 Å². The monoisotopic (exact) mass is 370 g/mol. The van der Waals surface area contributed by atoms with Crippen molar-refractivity contribution in [3.63, 3.8) is 0 Å². The summed E-state index contributed by atoms with van der Waals surface area (Å²) in [6.45, 7) is 1.29. The van der Waals surface area contributed by atoms with Gasteiger partial charge in [-0.1, -0.05) is 0 Å². The quantitative estimate of drug-likeness (QED) is 0.900. The van der Waals surface area contributed by atoms with E-state index in [2.05, 4.69) is 10.3 Å². The van der Waals surface area contributed by atoms with Crippen molar-refractivity contribution in [2.75, 3.05) is 20.3 Å². The van der Waals surface area contributed by atoms with Gasteiger partial charge in [0.1, 0.15) is 5.82 Å². The number of hydrogen-bond donors (Lipinski definition) is 1. The summed E-state index contributed by atoms with van der Waals surface area (Å²) in [5.41, 5.74) is 0.101. The highest BCUT2D eigenvalue weighted by atomic mass is 19.4. The van der Waals surface area contributed by atoms with Crippen molar-refractivity contribution in [3.05, 3.63) is 29.6 Å². The normalized spacial score (nSPS) is 17.9. The minimum atomic E-state index is -4.41.